The van der Waals surface area contributed by atoms with E-state index in [-0.39, 0.29) is 18.3 Å². The van der Waals surface area contributed by atoms with E-state index in [2.05, 4.69) is 0 Å². The summed E-state index contributed by atoms with van der Waals surface area (Å²) in [5.41, 5.74) is 3.17. The number of hydrogen-bond donors (Lipinski definition) is 0. The van der Waals surface area contributed by atoms with Crippen LogP contribution in [0.2, 0.25) is 0 Å². The normalized spacial score (nSPS) is 33.8. The van der Waals surface area contributed by atoms with Gasteiger partial charge in [-0.25, -0.2) is 0 Å². The first-order chi connectivity index (χ1) is 21.5. The highest BCUT2D eigenvalue weighted by Crippen LogP contribution is 2.43. The summed E-state index contributed by atoms with van der Waals surface area (Å²) in [6.45, 7) is 5.72. The van der Waals surface area contributed by atoms with Gasteiger partial charge in [0.1, 0.15) is 42.7 Å². The fourth-order valence-electron chi connectivity index (χ4n) is 6.31. The number of benzene rings is 3. The molecule has 0 N–H and O–H groups in total. The molecule has 0 amide bonds. The molecule has 4 heterocycles. The molecular formula is C35H40O9. The van der Waals surface area contributed by atoms with Crippen LogP contribution in [0.1, 0.15) is 30.5 Å². The van der Waals surface area contributed by atoms with Gasteiger partial charge in [-0.3, -0.25) is 0 Å². The third kappa shape index (κ3) is 6.77. The average Bonchev–Trinajstić information content (AvgIpc) is 3.72. The van der Waals surface area contributed by atoms with E-state index in [1.807, 2.05) is 105 Å². The highest BCUT2D eigenvalue weighted by molar-refractivity contribution is 5.15. The van der Waals surface area contributed by atoms with Gasteiger partial charge in [-0.1, -0.05) is 91.0 Å². The zero-order valence-electron chi connectivity index (χ0n) is 25.1. The van der Waals surface area contributed by atoms with Gasteiger partial charge in [0.25, 0.3) is 0 Å². The number of rotatable bonds is 12. The Morgan fingerprint density at radius 1 is 0.659 bits per heavy atom. The van der Waals surface area contributed by atoms with E-state index >= 15 is 0 Å². The topological polar surface area (TPSA) is 83.1 Å². The summed E-state index contributed by atoms with van der Waals surface area (Å²) in [6.07, 6.45) is -4.40. The van der Waals surface area contributed by atoms with Crippen LogP contribution in [0.3, 0.4) is 0 Å². The quantitative estimate of drug-likeness (QED) is 0.291. The summed E-state index contributed by atoms with van der Waals surface area (Å²) in [5, 5.41) is 0. The smallest absolute Gasteiger partial charge is 0.187 e. The largest absolute Gasteiger partial charge is 0.374 e. The maximum Gasteiger partial charge on any atom is 0.187 e. The Morgan fingerprint density at radius 3 is 1.86 bits per heavy atom. The maximum atomic E-state index is 6.73. The van der Waals surface area contributed by atoms with Gasteiger partial charge >= 0.3 is 0 Å². The zero-order chi connectivity index (χ0) is 29.9. The Kier molecular flexibility index (Phi) is 9.09. The minimum Gasteiger partial charge on any atom is -0.374 e. The van der Waals surface area contributed by atoms with Crippen molar-refractivity contribution < 1.29 is 42.6 Å². The first kappa shape index (κ1) is 30.0. The van der Waals surface area contributed by atoms with Crippen molar-refractivity contribution in [3.8, 4) is 0 Å². The average molecular weight is 605 g/mol. The molecule has 44 heavy (non-hydrogen) atoms. The lowest BCUT2D eigenvalue weighted by Gasteiger charge is -2.37. The van der Waals surface area contributed by atoms with Gasteiger partial charge in [0.15, 0.2) is 18.4 Å². The lowest BCUT2D eigenvalue weighted by atomic mass is 10.0. The molecule has 0 radical (unpaired) electrons. The molecule has 0 spiro atoms. The fraction of sp³-hybridized carbons (Fsp3) is 0.486. The number of ether oxygens (including phenoxy) is 9. The van der Waals surface area contributed by atoms with Crippen LogP contribution in [-0.4, -0.2) is 74.3 Å². The second-order valence-corrected chi connectivity index (χ2v) is 12.1. The zero-order valence-corrected chi connectivity index (χ0v) is 25.1. The first-order valence-corrected chi connectivity index (χ1v) is 15.4. The third-order valence-electron chi connectivity index (χ3n) is 8.38. The molecule has 7 rings (SSSR count). The van der Waals surface area contributed by atoms with Crippen LogP contribution < -0.4 is 0 Å². The maximum absolute atomic E-state index is 6.73. The van der Waals surface area contributed by atoms with Crippen LogP contribution in [0.15, 0.2) is 91.0 Å². The summed E-state index contributed by atoms with van der Waals surface area (Å²) < 4.78 is 57.4. The number of fused-ring (bicyclic) bond motifs is 4. The summed E-state index contributed by atoms with van der Waals surface area (Å²) in [7, 11) is 0. The van der Waals surface area contributed by atoms with Crippen LogP contribution in [0, 0.1) is 0 Å². The van der Waals surface area contributed by atoms with Crippen LogP contribution in [-0.2, 0) is 62.5 Å². The summed E-state index contributed by atoms with van der Waals surface area (Å²) >= 11 is 0. The second kappa shape index (κ2) is 13.3. The summed E-state index contributed by atoms with van der Waals surface area (Å²) in [5.74, 6) is -0.764. The molecule has 0 aliphatic carbocycles. The molecule has 234 valence electrons. The predicted molar refractivity (Wildman–Crippen MR) is 158 cm³/mol. The van der Waals surface area contributed by atoms with E-state index in [1.165, 1.54) is 0 Å². The highest BCUT2D eigenvalue weighted by atomic mass is 16.8. The van der Waals surface area contributed by atoms with Crippen molar-refractivity contribution in [1.29, 1.82) is 0 Å². The van der Waals surface area contributed by atoms with Gasteiger partial charge in [0.05, 0.1) is 33.0 Å². The molecule has 4 aliphatic rings. The minimum atomic E-state index is -0.799. The third-order valence-corrected chi connectivity index (χ3v) is 8.38. The van der Waals surface area contributed by atoms with Gasteiger partial charge in [-0.2, -0.15) is 0 Å². The molecule has 9 atom stereocenters. The molecule has 4 aliphatic heterocycles. The van der Waals surface area contributed by atoms with E-state index in [9.17, 15) is 0 Å². The molecule has 0 saturated carbocycles. The Bertz CT molecular complexity index is 1320. The van der Waals surface area contributed by atoms with Gasteiger partial charge in [0, 0.05) is 0 Å². The minimum absolute atomic E-state index is 0.206. The molecule has 3 aromatic carbocycles. The first-order valence-electron chi connectivity index (χ1n) is 15.4. The van der Waals surface area contributed by atoms with E-state index in [0.717, 1.165) is 16.7 Å². The Morgan fingerprint density at radius 2 is 1.23 bits per heavy atom. The molecule has 4 fully saturated rings. The van der Waals surface area contributed by atoms with Crippen molar-refractivity contribution in [2.24, 2.45) is 0 Å². The molecule has 9 heteroatoms. The lowest BCUT2D eigenvalue weighted by Crippen LogP contribution is -2.55. The van der Waals surface area contributed by atoms with Crippen molar-refractivity contribution >= 4 is 0 Å². The van der Waals surface area contributed by atoms with Gasteiger partial charge in [-0.15, -0.1) is 0 Å². The summed E-state index contributed by atoms with van der Waals surface area (Å²) in [4.78, 5) is 0. The van der Waals surface area contributed by atoms with Crippen LogP contribution in [0.25, 0.3) is 0 Å². The van der Waals surface area contributed by atoms with Crippen molar-refractivity contribution in [2.75, 3.05) is 13.2 Å². The predicted octanol–water partition coefficient (Wildman–Crippen LogP) is 4.76. The standard InChI is InChI=1S/C35H40O9/c1-35(2)43-29-27-22-39-33(40-27)32(30(29)44-35)42-34-31(38-20-25-16-10-5-11-17-25)28(37-19-24-14-8-4-9-15-24)26(41-34)21-36-18-23-12-6-3-7-13-23/h3-17,26-34H,18-22H2,1-2H3/t26-,27-,28+,29+,30+,31-,32-,33-,34?/m1/s1. The Balaban J connectivity index is 1.13. The van der Waals surface area contributed by atoms with Crippen molar-refractivity contribution in [3.63, 3.8) is 0 Å². The van der Waals surface area contributed by atoms with E-state index in [1.54, 1.807) is 0 Å². The van der Waals surface area contributed by atoms with E-state index in [0.29, 0.717) is 33.0 Å². The Labute approximate surface area is 258 Å². The second-order valence-electron chi connectivity index (χ2n) is 12.1. The highest BCUT2D eigenvalue weighted by Gasteiger charge is 2.61. The molecule has 4 saturated heterocycles. The molecule has 0 aromatic heterocycles. The van der Waals surface area contributed by atoms with Crippen LogP contribution in [0.4, 0.5) is 0 Å². The molecule has 9 nitrogen and oxygen atoms in total. The van der Waals surface area contributed by atoms with E-state index < -0.39 is 42.8 Å². The SMILES string of the molecule is CC1(C)O[C@H]2[C@@H](O1)[C@H]1CO[C@H](O1)[C@@H]2OC1O[C@H](COCc2ccccc2)[C@H](OCc2ccccc2)[C@H]1OCc1ccccc1. The molecule has 1 unspecified atom stereocenters. The van der Waals surface area contributed by atoms with Crippen molar-refractivity contribution in [3.05, 3.63) is 108 Å². The van der Waals surface area contributed by atoms with E-state index in [4.69, 9.17) is 42.6 Å². The van der Waals surface area contributed by atoms with Gasteiger partial charge in [-0.05, 0) is 30.5 Å². The molecular weight excluding hydrogens is 564 g/mol. The lowest BCUT2D eigenvalue weighted by molar-refractivity contribution is -0.285. The van der Waals surface area contributed by atoms with Crippen LogP contribution >= 0.6 is 0 Å². The monoisotopic (exact) mass is 604 g/mol. The number of hydrogen-bond acceptors (Lipinski definition) is 9. The van der Waals surface area contributed by atoms with Gasteiger partial charge in [0.2, 0.25) is 0 Å². The van der Waals surface area contributed by atoms with Gasteiger partial charge < -0.3 is 42.6 Å². The molecule has 3 aromatic rings. The van der Waals surface area contributed by atoms with Crippen molar-refractivity contribution in [1.82, 2.24) is 0 Å². The fourth-order valence-corrected chi connectivity index (χ4v) is 6.31. The molecule has 2 bridgehead atoms. The van der Waals surface area contributed by atoms with Crippen LogP contribution in [0.5, 0.6) is 0 Å². The Hall–Kier alpha value is -2.70. The van der Waals surface area contributed by atoms with Crippen molar-refractivity contribution in [2.45, 2.75) is 94.8 Å². The summed E-state index contributed by atoms with van der Waals surface area (Å²) in [6, 6.07) is 30.2.